The van der Waals surface area contributed by atoms with E-state index in [9.17, 15) is 0 Å². The summed E-state index contributed by atoms with van der Waals surface area (Å²) in [6.07, 6.45) is 0. The predicted octanol–water partition coefficient (Wildman–Crippen LogP) is -0.342. The Labute approximate surface area is 80.9 Å². The highest BCUT2D eigenvalue weighted by Gasteiger charge is 2.06. The number of hydrogen-bond acceptors (Lipinski definition) is 4. The fourth-order valence-corrected chi connectivity index (χ4v) is 0.899. The summed E-state index contributed by atoms with van der Waals surface area (Å²) in [5.74, 6) is 0.0909. The molecule has 0 aliphatic carbocycles. The number of nitrogens with one attached hydrogen (secondary N) is 2. The highest BCUT2D eigenvalue weighted by molar-refractivity contribution is 5.97. The van der Waals surface area contributed by atoms with Crippen LogP contribution in [0.25, 0.3) is 0 Å². The van der Waals surface area contributed by atoms with Crippen LogP contribution < -0.4 is 16.2 Å². The molecule has 0 aliphatic rings. The maximum absolute atomic E-state index is 7.19. The van der Waals surface area contributed by atoms with Gasteiger partial charge in [-0.1, -0.05) is 0 Å². The average Bonchev–Trinajstić information content (AvgIpc) is 2.16. The lowest BCUT2D eigenvalue weighted by atomic mass is 10.2. The first-order chi connectivity index (χ1) is 6.54. The van der Waals surface area contributed by atoms with E-state index in [4.69, 9.17) is 27.0 Å². The van der Waals surface area contributed by atoms with Gasteiger partial charge in [0.05, 0.1) is 7.11 Å². The Bertz CT molecular complexity index is 355. The molecule has 1 aromatic rings. The molecule has 0 amide bonds. The molecule has 0 radical (unpaired) electrons. The molecular weight excluding hydrogens is 182 g/mol. The number of aromatic nitrogens is 1. The first-order valence-electron chi connectivity index (χ1n) is 3.79. The normalized spacial score (nSPS) is 9.50. The predicted molar refractivity (Wildman–Crippen MR) is 52.8 cm³/mol. The fourth-order valence-electron chi connectivity index (χ4n) is 0.899. The number of amidine groups is 2. The SMILES string of the molecule is COc1cc(C(=N)N)nc(C(=N)N)c1. The van der Waals surface area contributed by atoms with Crippen LogP contribution in [0.2, 0.25) is 0 Å². The van der Waals surface area contributed by atoms with E-state index in [1.165, 1.54) is 19.2 Å². The van der Waals surface area contributed by atoms with Gasteiger partial charge in [-0.05, 0) is 0 Å². The van der Waals surface area contributed by atoms with Crippen molar-refractivity contribution >= 4 is 11.7 Å². The lowest BCUT2D eigenvalue weighted by Crippen LogP contribution is -2.19. The molecule has 1 aromatic heterocycles. The molecule has 74 valence electrons. The first-order valence-corrected chi connectivity index (χ1v) is 3.79. The van der Waals surface area contributed by atoms with Crippen molar-refractivity contribution in [3.63, 3.8) is 0 Å². The van der Waals surface area contributed by atoms with Gasteiger partial charge in [0.1, 0.15) is 28.8 Å². The van der Waals surface area contributed by atoms with E-state index in [0.29, 0.717) is 5.75 Å². The van der Waals surface area contributed by atoms with Gasteiger partial charge in [0.15, 0.2) is 0 Å². The van der Waals surface area contributed by atoms with Crippen molar-refractivity contribution in [1.29, 1.82) is 10.8 Å². The second-order valence-corrected chi connectivity index (χ2v) is 2.60. The third-order valence-electron chi connectivity index (χ3n) is 1.59. The molecule has 1 heterocycles. The molecule has 0 bridgehead atoms. The number of ether oxygens (including phenoxy) is 1. The molecule has 6 nitrogen and oxygen atoms in total. The summed E-state index contributed by atoms with van der Waals surface area (Å²) in [7, 11) is 1.48. The number of methoxy groups -OCH3 is 1. The van der Waals surface area contributed by atoms with Crippen molar-refractivity contribution < 1.29 is 4.74 Å². The third-order valence-corrected chi connectivity index (χ3v) is 1.59. The van der Waals surface area contributed by atoms with Crippen molar-refractivity contribution in [3.05, 3.63) is 23.5 Å². The van der Waals surface area contributed by atoms with E-state index in [-0.39, 0.29) is 23.1 Å². The molecule has 0 saturated heterocycles. The lowest BCUT2D eigenvalue weighted by molar-refractivity contribution is 0.414. The van der Waals surface area contributed by atoms with Crippen LogP contribution in [-0.2, 0) is 0 Å². The molecule has 0 saturated carbocycles. The van der Waals surface area contributed by atoms with Crippen molar-refractivity contribution in [3.8, 4) is 5.75 Å². The van der Waals surface area contributed by atoms with Crippen LogP contribution in [-0.4, -0.2) is 23.8 Å². The fraction of sp³-hybridized carbons (Fsp3) is 0.125. The first kappa shape index (κ1) is 9.97. The second kappa shape index (κ2) is 3.73. The summed E-state index contributed by atoms with van der Waals surface area (Å²) < 4.78 is 4.95. The maximum Gasteiger partial charge on any atom is 0.141 e. The van der Waals surface area contributed by atoms with Gasteiger partial charge < -0.3 is 16.2 Å². The second-order valence-electron chi connectivity index (χ2n) is 2.60. The molecule has 6 N–H and O–H groups in total. The highest BCUT2D eigenvalue weighted by Crippen LogP contribution is 2.13. The van der Waals surface area contributed by atoms with Crippen LogP contribution >= 0.6 is 0 Å². The van der Waals surface area contributed by atoms with E-state index in [2.05, 4.69) is 4.98 Å². The summed E-state index contributed by atoms with van der Waals surface area (Å²) in [6.45, 7) is 0. The van der Waals surface area contributed by atoms with Crippen molar-refractivity contribution in [1.82, 2.24) is 4.98 Å². The molecule has 0 fully saturated rings. The van der Waals surface area contributed by atoms with Crippen LogP contribution in [0.1, 0.15) is 11.4 Å². The molecule has 0 unspecified atom stereocenters. The standard InChI is InChI=1S/C8H11N5O/c1-14-4-2-5(7(9)10)13-6(3-4)8(11)12/h2-3H,1H3,(H3,9,10)(H3,11,12). The van der Waals surface area contributed by atoms with Crippen molar-refractivity contribution in [2.45, 2.75) is 0 Å². The average molecular weight is 193 g/mol. The molecular formula is C8H11N5O. The summed E-state index contributed by atoms with van der Waals surface area (Å²) in [5.41, 5.74) is 11.0. The largest absolute Gasteiger partial charge is 0.497 e. The van der Waals surface area contributed by atoms with E-state index in [1.54, 1.807) is 0 Å². The monoisotopic (exact) mass is 193 g/mol. The maximum atomic E-state index is 7.19. The summed E-state index contributed by atoms with van der Waals surface area (Å²) in [4.78, 5) is 3.90. The Morgan fingerprint density at radius 1 is 1.21 bits per heavy atom. The summed E-state index contributed by atoms with van der Waals surface area (Å²) in [6, 6.07) is 3.02. The van der Waals surface area contributed by atoms with Crippen molar-refractivity contribution in [2.75, 3.05) is 7.11 Å². The molecule has 0 atom stereocenters. The van der Waals surface area contributed by atoms with Gasteiger partial charge in [-0.15, -0.1) is 0 Å². The molecule has 0 aliphatic heterocycles. The van der Waals surface area contributed by atoms with Gasteiger partial charge in [0, 0.05) is 12.1 Å². The quantitative estimate of drug-likeness (QED) is 0.387. The Morgan fingerprint density at radius 2 is 1.64 bits per heavy atom. The molecule has 6 heteroatoms. The van der Waals surface area contributed by atoms with Gasteiger partial charge in [-0.25, -0.2) is 4.98 Å². The van der Waals surface area contributed by atoms with Gasteiger partial charge in [-0.2, -0.15) is 0 Å². The van der Waals surface area contributed by atoms with Crippen LogP contribution in [0.3, 0.4) is 0 Å². The summed E-state index contributed by atoms with van der Waals surface area (Å²) in [5, 5.41) is 14.4. The number of rotatable bonds is 3. The number of pyridine rings is 1. The Hall–Kier alpha value is -2.11. The van der Waals surface area contributed by atoms with Crippen molar-refractivity contribution in [2.24, 2.45) is 11.5 Å². The zero-order valence-electron chi connectivity index (χ0n) is 7.66. The summed E-state index contributed by atoms with van der Waals surface area (Å²) >= 11 is 0. The van der Waals surface area contributed by atoms with E-state index >= 15 is 0 Å². The molecule has 0 aromatic carbocycles. The zero-order valence-corrected chi connectivity index (χ0v) is 7.66. The number of hydrogen-bond donors (Lipinski definition) is 4. The minimum absolute atomic E-state index is 0.189. The van der Waals surface area contributed by atoms with Crippen LogP contribution in [0.5, 0.6) is 5.75 Å². The van der Waals surface area contributed by atoms with Gasteiger partial charge >= 0.3 is 0 Å². The number of nitrogen functional groups attached to an aromatic ring is 2. The highest BCUT2D eigenvalue weighted by atomic mass is 16.5. The minimum atomic E-state index is -0.189. The van der Waals surface area contributed by atoms with E-state index in [1.807, 2.05) is 0 Å². The Kier molecular flexibility index (Phi) is 2.66. The van der Waals surface area contributed by atoms with E-state index in [0.717, 1.165) is 0 Å². The molecule has 0 spiro atoms. The molecule has 14 heavy (non-hydrogen) atoms. The van der Waals surface area contributed by atoms with Gasteiger partial charge in [-0.3, -0.25) is 10.8 Å². The Morgan fingerprint density at radius 3 is 1.93 bits per heavy atom. The third kappa shape index (κ3) is 1.98. The minimum Gasteiger partial charge on any atom is -0.497 e. The van der Waals surface area contributed by atoms with E-state index < -0.39 is 0 Å². The number of nitrogens with two attached hydrogens (primary N) is 2. The molecule has 1 rings (SSSR count). The van der Waals surface area contributed by atoms with Crippen LogP contribution in [0, 0.1) is 10.8 Å². The lowest BCUT2D eigenvalue weighted by Gasteiger charge is -2.05. The van der Waals surface area contributed by atoms with Crippen LogP contribution in [0.4, 0.5) is 0 Å². The van der Waals surface area contributed by atoms with Crippen LogP contribution in [0.15, 0.2) is 12.1 Å². The Balaban J connectivity index is 3.27. The zero-order chi connectivity index (χ0) is 10.7. The smallest absolute Gasteiger partial charge is 0.141 e. The van der Waals surface area contributed by atoms with Gasteiger partial charge in [0.25, 0.3) is 0 Å². The number of nitrogens with zero attached hydrogens (tertiary/aromatic N) is 1. The topological polar surface area (TPSA) is 122 Å². The van der Waals surface area contributed by atoms with Gasteiger partial charge in [0.2, 0.25) is 0 Å².